The summed E-state index contributed by atoms with van der Waals surface area (Å²) in [6.07, 6.45) is 5.26. The molecule has 0 aliphatic carbocycles. The minimum absolute atomic E-state index is 0.0264. The molecule has 0 unspecified atom stereocenters. The molecule has 1 N–H and O–H groups in total. The van der Waals surface area contributed by atoms with Crippen molar-refractivity contribution in [3.63, 3.8) is 0 Å². The Balaban J connectivity index is 1.57. The van der Waals surface area contributed by atoms with E-state index >= 15 is 0 Å². The van der Waals surface area contributed by atoms with Crippen LogP contribution >= 0.6 is 23.4 Å². The first kappa shape index (κ1) is 16.6. The van der Waals surface area contributed by atoms with Crippen molar-refractivity contribution in [3.05, 3.63) is 77.8 Å². The van der Waals surface area contributed by atoms with Crippen LogP contribution < -0.4 is 5.32 Å². The topological polar surface area (TPSA) is 46.9 Å². The van der Waals surface area contributed by atoms with Gasteiger partial charge < -0.3 is 9.88 Å². The van der Waals surface area contributed by atoms with Crippen LogP contribution in [0.3, 0.4) is 0 Å². The van der Waals surface area contributed by atoms with Crippen LogP contribution in [0, 0.1) is 0 Å². The molecule has 0 bridgehead atoms. The molecule has 0 aliphatic heterocycles. The molecule has 0 fully saturated rings. The quantitative estimate of drug-likeness (QED) is 0.711. The zero-order valence-electron chi connectivity index (χ0n) is 12.9. The van der Waals surface area contributed by atoms with Gasteiger partial charge >= 0.3 is 0 Å². The smallest absolute Gasteiger partial charge is 0.234 e. The number of imidazole rings is 1. The highest BCUT2D eigenvalue weighted by Gasteiger charge is 2.08. The normalized spacial score (nSPS) is 10.5. The van der Waals surface area contributed by atoms with Crippen LogP contribution in [0.5, 0.6) is 0 Å². The maximum Gasteiger partial charge on any atom is 0.234 e. The lowest BCUT2D eigenvalue weighted by Crippen LogP contribution is -2.15. The Bertz CT molecular complexity index is 803. The highest BCUT2D eigenvalue weighted by Crippen LogP contribution is 2.20. The average Bonchev–Trinajstić information content (AvgIpc) is 3.11. The SMILES string of the molecule is O=C(CSCc1ccc(Cl)cc1)Nc1ccccc1-n1ccnc1. The first-order valence-electron chi connectivity index (χ1n) is 7.42. The third-order valence-electron chi connectivity index (χ3n) is 3.38. The number of hydrogen-bond acceptors (Lipinski definition) is 3. The van der Waals surface area contributed by atoms with E-state index in [9.17, 15) is 4.79 Å². The fourth-order valence-electron chi connectivity index (χ4n) is 2.23. The van der Waals surface area contributed by atoms with E-state index < -0.39 is 0 Å². The molecule has 3 rings (SSSR count). The van der Waals surface area contributed by atoms with Crippen molar-refractivity contribution in [2.45, 2.75) is 5.75 Å². The Morgan fingerprint density at radius 1 is 1.17 bits per heavy atom. The third-order valence-corrected chi connectivity index (χ3v) is 4.63. The lowest BCUT2D eigenvalue weighted by molar-refractivity contribution is -0.113. The van der Waals surface area contributed by atoms with Crippen molar-refractivity contribution in [2.24, 2.45) is 0 Å². The Kier molecular flexibility index (Phi) is 5.56. The first-order valence-corrected chi connectivity index (χ1v) is 8.95. The van der Waals surface area contributed by atoms with Gasteiger partial charge in [0.1, 0.15) is 0 Å². The summed E-state index contributed by atoms with van der Waals surface area (Å²) < 4.78 is 1.87. The summed E-state index contributed by atoms with van der Waals surface area (Å²) in [6.45, 7) is 0. The molecule has 122 valence electrons. The van der Waals surface area contributed by atoms with Crippen LogP contribution in [-0.2, 0) is 10.5 Å². The highest BCUT2D eigenvalue weighted by atomic mass is 35.5. The molecule has 24 heavy (non-hydrogen) atoms. The number of benzene rings is 2. The number of aromatic nitrogens is 2. The predicted octanol–water partition coefficient (Wildman–Crippen LogP) is 4.40. The molecule has 0 saturated heterocycles. The molecule has 0 aliphatic rings. The second-order valence-corrected chi connectivity index (χ2v) is 6.58. The maximum absolute atomic E-state index is 12.2. The second-order valence-electron chi connectivity index (χ2n) is 5.15. The standard InChI is InChI=1S/C18H16ClN3OS/c19-15-7-5-14(6-8-15)11-24-12-18(23)21-16-3-1-2-4-17(16)22-10-9-20-13-22/h1-10,13H,11-12H2,(H,21,23). The number of nitrogens with zero attached hydrogens (tertiary/aromatic N) is 2. The monoisotopic (exact) mass is 357 g/mol. The number of carbonyl (C=O) groups excluding carboxylic acids is 1. The molecule has 4 nitrogen and oxygen atoms in total. The van der Waals surface area contributed by atoms with E-state index in [0.717, 1.165) is 27.7 Å². The average molecular weight is 358 g/mol. The van der Waals surface area contributed by atoms with Crippen molar-refractivity contribution in [1.82, 2.24) is 9.55 Å². The Morgan fingerprint density at radius 3 is 2.71 bits per heavy atom. The van der Waals surface area contributed by atoms with Crippen molar-refractivity contribution < 1.29 is 4.79 Å². The fourth-order valence-corrected chi connectivity index (χ4v) is 3.15. The van der Waals surface area contributed by atoms with Crippen molar-refractivity contribution in [3.8, 4) is 5.69 Å². The maximum atomic E-state index is 12.2. The lowest BCUT2D eigenvalue weighted by atomic mass is 10.2. The highest BCUT2D eigenvalue weighted by molar-refractivity contribution is 7.99. The number of halogens is 1. The second kappa shape index (κ2) is 8.04. The van der Waals surface area contributed by atoms with Gasteiger partial charge in [-0.2, -0.15) is 0 Å². The van der Waals surface area contributed by atoms with Gasteiger partial charge in [-0.1, -0.05) is 35.9 Å². The van der Waals surface area contributed by atoms with Crippen LogP contribution in [0.15, 0.2) is 67.3 Å². The predicted molar refractivity (Wildman–Crippen MR) is 99.8 cm³/mol. The van der Waals surface area contributed by atoms with E-state index in [4.69, 9.17) is 11.6 Å². The van der Waals surface area contributed by atoms with Crippen LogP contribution in [0.25, 0.3) is 5.69 Å². The number of nitrogens with one attached hydrogen (secondary N) is 1. The molecule has 0 radical (unpaired) electrons. The number of para-hydroxylation sites is 2. The zero-order valence-corrected chi connectivity index (χ0v) is 14.4. The summed E-state index contributed by atoms with van der Waals surface area (Å²) >= 11 is 7.43. The van der Waals surface area contributed by atoms with Gasteiger partial charge in [0.05, 0.1) is 23.5 Å². The van der Waals surface area contributed by atoms with Gasteiger partial charge in [-0.3, -0.25) is 4.79 Å². The van der Waals surface area contributed by atoms with Crippen molar-refractivity contribution in [1.29, 1.82) is 0 Å². The molecule has 3 aromatic rings. The lowest BCUT2D eigenvalue weighted by Gasteiger charge is -2.11. The Morgan fingerprint density at radius 2 is 1.96 bits per heavy atom. The van der Waals surface area contributed by atoms with Gasteiger partial charge in [0.25, 0.3) is 0 Å². The Hall–Kier alpha value is -2.24. The van der Waals surface area contributed by atoms with Gasteiger partial charge in [-0.25, -0.2) is 4.98 Å². The number of thioether (sulfide) groups is 1. The number of rotatable bonds is 6. The molecule has 1 aromatic heterocycles. The largest absolute Gasteiger partial charge is 0.324 e. The van der Waals surface area contributed by atoms with Crippen molar-refractivity contribution in [2.75, 3.05) is 11.1 Å². The summed E-state index contributed by atoms with van der Waals surface area (Å²) in [4.78, 5) is 16.2. The third kappa shape index (κ3) is 4.40. The minimum atomic E-state index is -0.0264. The van der Waals surface area contributed by atoms with E-state index in [2.05, 4.69) is 10.3 Å². The zero-order chi connectivity index (χ0) is 16.8. The fraction of sp³-hybridized carbons (Fsp3) is 0.111. The number of amides is 1. The van der Waals surface area contributed by atoms with Gasteiger partial charge in [-0.05, 0) is 29.8 Å². The molecular weight excluding hydrogens is 342 g/mol. The molecule has 1 amide bonds. The molecule has 0 atom stereocenters. The summed E-state index contributed by atoms with van der Waals surface area (Å²) in [5, 5.41) is 3.68. The van der Waals surface area contributed by atoms with Crippen molar-refractivity contribution >= 4 is 35.0 Å². The van der Waals surface area contributed by atoms with Gasteiger partial charge in [0, 0.05) is 23.2 Å². The minimum Gasteiger partial charge on any atom is -0.324 e. The van der Waals surface area contributed by atoms with Crippen LogP contribution in [0.2, 0.25) is 5.02 Å². The molecule has 6 heteroatoms. The summed E-state index contributed by atoms with van der Waals surface area (Å²) in [5.41, 5.74) is 2.81. The Labute approximate surface area is 149 Å². The summed E-state index contributed by atoms with van der Waals surface area (Å²) in [7, 11) is 0. The van der Waals surface area contributed by atoms with Gasteiger partial charge in [0.15, 0.2) is 0 Å². The number of anilines is 1. The number of hydrogen-bond donors (Lipinski definition) is 1. The van der Waals surface area contributed by atoms with Crippen LogP contribution in [0.4, 0.5) is 5.69 Å². The molecular formula is C18H16ClN3OS. The van der Waals surface area contributed by atoms with Crippen LogP contribution in [0.1, 0.15) is 5.56 Å². The molecule has 0 spiro atoms. The summed E-state index contributed by atoms with van der Waals surface area (Å²) in [6, 6.07) is 15.3. The molecule has 2 aromatic carbocycles. The van der Waals surface area contributed by atoms with E-state index in [-0.39, 0.29) is 5.91 Å². The van der Waals surface area contributed by atoms with Gasteiger partial charge in [-0.15, -0.1) is 11.8 Å². The van der Waals surface area contributed by atoms with E-state index in [1.807, 2.05) is 59.3 Å². The van der Waals surface area contributed by atoms with E-state index in [1.54, 1.807) is 24.3 Å². The van der Waals surface area contributed by atoms with E-state index in [1.165, 1.54) is 0 Å². The molecule has 1 heterocycles. The summed E-state index contributed by atoms with van der Waals surface area (Å²) in [5.74, 6) is 1.13. The van der Waals surface area contributed by atoms with E-state index in [0.29, 0.717) is 5.75 Å². The number of carbonyl (C=O) groups is 1. The van der Waals surface area contributed by atoms with Crippen LogP contribution in [-0.4, -0.2) is 21.2 Å². The van der Waals surface area contributed by atoms with Gasteiger partial charge in [0.2, 0.25) is 5.91 Å². The molecule has 0 saturated carbocycles. The first-order chi connectivity index (χ1) is 11.7.